The number of benzene rings is 4. The van der Waals surface area contributed by atoms with Crippen LogP contribution in [0.5, 0.6) is 0 Å². The van der Waals surface area contributed by atoms with Crippen molar-refractivity contribution in [2.75, 3.05) is 0 Å². The molecule has 6 aromatic rings. The summed E-state index contributed by atoms with van der Waals surface area (Å²) in [6, 6.07) is 46.1. The Labute approximate surface area is 287 Å². The molecule has 0 amide bonds. The van der Waals surface area contributed by atoms with Gasteiger partial charge in [0.2, 0.25) is 0 Å². The van der Waals surface area contributed by atoms with Crippen molar-refractivity contribution in [3.8, 4) is 22.3 Å². The maximum atomic E-state index is 4.93. The molecule has 0 bridgehead atoms. The number of hydrogen-bond acceptors (Lipinski definition) is 0. The first-order valence-electron chi connectivity index (χ1n) is 15.6. The van der Waals surface area contributed by atoms with Gasteiger partial charge in [-0.2, -0.15) is 12.1 Å². The van der Waals surface area contributed by atoms with E-state index in [1.54, 1.807) is 0 Å². The molecule has 0 fully saturated rings. The van der Waals surface area contributed by atoms with E-state index in [0.717, 1.165) is 0 Å². The summed E-state index contributed by atoms with van der Waals surface area (Å²) in [6.07, 6.45) is 5.64. The van der Waals surface area contributed by atoms with Gasteiger partial charge in [0.05, 0.1) is 0 Å². The summed E-state index contributed by atoms with van der Waals surface area (Å²) >= 11 is -0.826. The number of aryl methyl sites for hydroxylation is 2. The summed E-state index contributed by atoms with van der Waals surface area (Å²) in [5, 5.41) is 5.37. The standard InChI is InChI=1S/2C16H13.C8H18Si.2ClH.Zr/c2*1-12-10-14-8-5-9-15(16(14)11-12)13-6-3-2-4-7-13;1-3-5-7-9-8-6-4-2;;;/h2*2-11H,1H3;3-8H2,1-2H3;2*1H;/q2*-1;;;;+4/p-2. The van der Waals surface area contributed by atoms with Crippen molar-refractivity contribution in [1.82, 2.24) is 0 Å². The van der Waals surface area contributed by atoms with Gasteiger partial charge in [-0.25, -0.2) is 0 Å². The van der Waals surface area contributed by atoms with Gasteiger partial charge in [-0.1, -0.05) is 149 Å². The van der Waals surface area contributed by atoms with E-state index in [1.807, 2.05) is 0 Å². The fourth-order valence-electron chi connectivity index (χ4n) is 5.24. The number of rotatable bonds is 8. The topological polar surface area (TPSA) is 0 Å². The first kappa shape index (κ1) is 36.3. The fraction of sp³-hybridized carbons (Fsp3) is 0.250. The minimum atomic E-state index is -0.826. The average Bonchev–Trinajstić information content (AvgIpc) is 3.63. The molecule has 0 heterocycles. The molecule has 0 aliphatic carbocycles. The molecule has 0 spiro atoms. The summed E-state index contributed by atoms with van der Waals surface area (Å²) in [5.41, 5.74) is 7.89. The molecule has 0 unspecified atom stereocenters. The Hall–Kier alpha value is -2.22. The Balaban J connectivity index is 0.000000180. The van der Waals surface area contributed by atoms with Crippen LogP contribution in [0.3, 0.4) is 0 Å². The van der Waals surface area contributed by atoms with Crippen LogP contribution < -0.4 is 0 Å². The average molecular weight is 715 g/mol. The molecule has 0 atom stereocenters. The summed E-state index contributed by atoms with van der Waals surface area (Å²) < 4.78 is 0. The molecular weight excluding hydrogens is 671 g/mol. The van der Waals surface area contributed by atoms with Crippen molar-refractivity contribution in [2.45, 2.75) is 65.5 Å². The number of fused-ring (bicyclic) bond motifs is 2. The molecule has 0 aliphatic rings. The molecule has 0 N–H and O–H groups in total. The van der Waals surface area contributed by atoms with Crippen LogP contribution in [-0.2, 0) is 20.8 Å². The molecule has 0 aliphatic heterocycles. The zero-order valence-electron chi connectivity index (χ0n) is 26.5. The van der Waals surface area contributed by atoms with E-state index in [9.17, 15) is 0 Å². The molecule has 0 saturated heterocycles. The van der Waals surface area contributed by atoms with Crippen LogP contribution in [0.4, 0.5) is 0 Å². The second-order valence-electron chi connectivity index (χ2n) is 10.9. The van der Waals surface area contributed by atoms with Crippen LogP contribution >= 0.6 is 17.0 Å². The van der Waals surface area contributed by atoms with Crippen molar-refractivity contribution in [1.29, 1.82) is 0 Å². The predicted molar refractivity (Wildman–Crippen MR) is 196 cm³/mol. The second kappa shape index (κ2) is 20.7. The minimum absolute atomic E-state index is 0.826. The second-order valence-corrected chi connectivity index (χ2v) is 16.2. The van der Waals surface area contributed by atoms with E-state index in [4.69, 9.17) is 17.0 Å². The number of unbranched alkanes of at least 4 members (excludes halogenated alkanes) is 2. The third-order valence-corrected chi connectivity index (χ3v) is 8.79. The normalized spacial score (nSPS) is 10.1. The van der Waals surface area contributed by atoms with E-state index >= 15 is 0 Å². The zero-order chi connectivity index (χ0) is 31.6. The molecular formula is C40H44Cl2SiZr. The summed E-state index contributed by atoms with van der Waals surface area (Å²) in [6.45, 7) is 8.83. The van der Waals surface area contributed by atoms with Crippen molar-refractivity contribution >= 4 is 48.1 Å². The first-order chi connectivity index (χ1) is 21.5. The Morgan fingerprint density at radius 1 is 0.568 bits per heavy atom. The van der Waals surface area contributed by atoms with Gasteiger partial charge < -0.3 is 0 Å². The summed E-state index contributed by atoms with van der Waals surface area (Å²) in [5.74, 6) is 0. The molecule has 6 rings (SSSR count). The number of hydrogen-bond donors (Lipinski definition) is 0. The van der Waals surface area contributed by atoms with Gasteiger partial charge in [0, 0.05) is 9.52 Å². The predicted octanol–water partition coefficient (Wildman–Crippen LogP) is 13.6. The van der Waals surface area contributed by atoms with Crippen LogP contribution in [0.25, 0.3) is 43.8 Å². The van der Waals surface area contributed by atoms with Crippen LogP contribution in [0.2, 0.25) is 12.1 Å². The molecule has 226 valence electrons. The van der Waals surface area contributed by atoms with Gasteiger partial charge in [0.1, 0.15) is 0 Å². The number of halogens is 2. The summed E-state index contributed by atoms with van der Waals surface area (Å²) in [4.78, 5) is 0. The first-order valence-corrected chi connectivity index (χ1v) is 23.4. The van der Waals surface area contributed by atoms with Crippen molar-refractivity contribution in [3.05, 3.63) is 132 Å². The SMILES string of the molecule is CCCC[Si]CCCC.Cc1cc2c(-c3ccccc3)cccc2[cH-]1.Cc1cc2c(-c3ccccc3)cccc2[cH-]1.[Cl][Zr+2][Cl]. The monoisotopic (exact) mass is 712 g/mol. The summed E-state index contributed by atoms with van der Waals surface area (Å²) in [7, 11) is 11.1. The van der Waals surface area contributed by atoms with Gasteiger partial charge in [0.25, 0.3) is 0 Å². The molecule has 44 heavy (non-hydrogen) atoms. The van der Waals surface area contributed by atoms with E-state index in [-0.39, 0.29) is 0 Å². The third-order valence-electron chi connectivity index (χ3n) is 7.37. The zero-order valence-corrected chi connectivity index (χ0v) is 31.5. The molecule has 4 heteroatoms. The van der Waals surface area contributed by atoms with Crippen molar-refractivity contribution in [2.24, 2.45) is 0 Å². The Bertz CT molecular complexity index is 1500. The van der Waals surface area contributed by atoms with Crippen LogP contribution in [0, 0.1) is 13.8 Å². The fourth-order valence-corrected chi connectivity index (χ4v) is 6.69. The van der Waals surface area contributed by atoms with Crippen molar-refractivity contribution < 1.29 is 20.8 Å². The Morgan fingerprint density at radius 2 is 0.955 bits per heavy atom. The van der Waals surface area contributed by atoms with Gasteiger partial charge in [-0.3, -0.25) is 0 Å². The molecule has 2 radical (unpaired) electrons. The van der Waals surface area contributed by atoms with Crippen molar-refractivity contribution in [3.63, 3.8) is 0 Å². The quantitative estimate of drug-likeness (QED) is 0.0836. The van der Waals surface area contributed by atoms with Gasteiger partial charge in [0.15, 0.2) is 0 Å². The maximum absolute atomic E-state index is 4.93. The van der Waals surface area contributed by atoms with Crippen LogP contribution in [-0.4, -0.2) is 9.52 Å². The van der Waals surface area contributed by atoms with E-state index in [1.165, 1.54) is 102 Å². The van der Waals surface area contributed by atoms with Gasteiger partial charge >= 0.3 is 37.9 Å². The molecule has 0 aromatic heterocycles. The van der Waals surface area contributed by atoms with E-state index in [0.29, 0.717) is 0 Å². The van der Waals surface area contributed by atoms with E-state index < -0.39 is 20.8 Å². The van der Waals surface area contributed by atoms with Gasteiger partial charge in [-0.05, 0) is 11.1 Å². The van der Waals surface area contributed by atoms with Gasteiger partial charge in [-0.15, -0.1) is 69.1 Å². The third kappa shape index (κ3) is 11.6. The van der Waals surface area contributed by atoms with E-state index in [2.05, 4.69) is 149 Å². The molecule has 0 saturated carbocycles. The molecule has 0 nitrogen and oxygen atoms in total. The van der Waals surface area contributed by atoms with Crippen LogP contribution in [0.15, 0.2) is 121 Å². The van der Waals surface area contributed by atoms with Crippen LogP contribution in [0.1, 0.15) is 50.7 Å². The Kier molecular flexibility index (Phi) is 17.1. The molecule has 6 aromatic carbocycles. The Morgan fingerprint density at radius 3 is 1.32 bits per heavy atom.